The maximum Gasteiger partial charge on any atom is 0.379 e. The van der Waals surface area contributed by atoms with E-state index in [1.165, 1.54) is 0 Å². The second kappa shape index (κ2) is 24.9. The van der Waals surface area contributed by atoms with Crippen molar-refractivity contribution in [1.29, 1.82) is 5.53 Å². The summed E-state index contributed by atoms with van der Waals surface area (Å²) in [7, 11) is 24.0. The molecule has 64 heavy (non-hydrogen) atoms. The molecule has 6 aromatic carbocycles. The Balaban J connectivity index is 0.000000250. The molecule has 0 aliphatic heterocycles. The van der Waals surface area contributed by atoms with Gasteiger partial charge in [-0.25, -0.2) is 0 Å². The Morgan fingerprint density at radius 1 is 0.375 bits per heavy atom. The van der Waals surface area contributed by atoms with E-state index in [1.54, 1.807) is 0 Å². The van der Waals surface area contributed by atoms with Gasteiger partial charge in [0.05, 0.1) is 27.2 Å². The van der Waals surface area contributed by atoms with Crippen LogP contribution in [0.5, 0.6) is 0 Å². The quantitative estimate of drug-likeness (QED) is 0.0245. The summed E-state index contributed by atoms with van der Waals surface area (Å²) >= 11 is 0. The number of rotatable bonds is 12. The number of nitrogens with two attached hydrogens (primary N) is 3. The van der Waals surface area contributed by atoms with Crippen LogP contribution in [-0.4, -0.2) is 107 Å². The van der Waals surface area contributed by atoms with Gasteiger partial charge in [0.15, 0.2) is 5.78 Å². The summed E-state index contributed by atoms with van der Waals surface area (Å²) in [5.41, 5.74) is 21.1. The highest BCUT2D eigenvalue weighted by molar-refractivity contribution is 6.13. The van der Waals surface area contributed by atoms with Crippen LogP contribution in [0.2, 0.25) is 0 Å². The van der Waals surface area contributed by atoms with Crippen LogP contribution in [0.1, 0.15) is 38.2 Å². The van der Waals surface area contributed by atoms with Crippen LogP contribution in [0.25, 0.3) is 0 Å². The summed E-state index contributed by atoms with van der Waals surface area (Å²) in [6.07, 6.45) is 0. The van der Waals surface area contributed by atoms with Crippen molar-refractivity contribution >= 4 is 51.3 Å². The van der Waals surface area contributed by atoms with Crippen molar-refractivity contribution in [3.63, 3.8) is 0 Å². The zero-order chi connectivity index (χ0) is 47.5. The molecule has 0 amide bonds. The molecule has 336 valence electrons. The number of anilines is 6. The number of benzene rings is 6. The van der Waals surface area contributed by atoms with Gasteiger partial charge in [0, 0.05) is 141 Å². The van der Waals surface area contributed by atoms with Crippen molar-refractivity contribution in [2.45, 2.75) is 0 Å². The molecule has 0 aliphatic carbocycles. The van der Waals surface area contributed by atoms with Crippen LogP contribution in [0.4, 0.5) is 34.1 Å². The van der Waals surface area contributed by atoms with E-state index in [0.717, 1.165) is 62.1 Å². The Bertz CT molecular complexity index is 2240. The maximum absolute atomic E-state index is 12.4. The molecule has 0 saturated carbocycles. The molecule has 0 fully saturated rings. The molecule has 0 aliphatic rings. The first-order chi connectivity index (χ1) is 30.5. The number of hydrogen-bond donors (Lipinski definition) is 4. The maximum atomic E-state index is 12.4. The number of hydrazone groups is 1. The topological polar surface area (TPSA) is 165 Å². The third-order valence-corrected chi connectivity index (χ3v) is 10.2. The molecule has 0 heterocycles. The molecular weight excluding hydrogens is 797 g/mol. The van der Waals surface area contributed by atoms with Gasteiger partial charge in [-0.3, -0.25) is 16.5 Å². The fraction of sp³-hybridized carbons (Fsp3) is 0.235. The van der Waals surface area contributed by atoms with E-state index >= 15 is 0 Å². The number of carbonyl (C=O) groups excluding carboxylic acids is 1. The van der Waals surface area contributed by atoms with Gasteiger partial charge in [-0.2, -0.15) is 5.10 Å². The van der Waals surface area contributed by atoms with Crippen molar-refractivity contribution in [2.24, 2.45) is 22.6 Å². The minimum absolute atomic E-state index is 0.0561. The molecule has 0 aromatic heterocycles. The van der Waals surface area contributed by atoms with E-state index in [1.807, 2.05) is 225 Å². The van der Waals surface area contributed by atoms with Gasteiger partial charge < -0.3 is 35.2 Å². The minimum Gasteiger partial charge on any atom is -0.378 e. The van der Waals surface area contributed by atoms with Crippen LogP contribution in [0, 0.1) is 5.53 Å². The van der Waals surface area contributed by atoms with Crippen LogP contribution in [0.3, 0.4) is 0 Å². The largest absolute Gasteiger partial charge is 0.379 e. The molecule has 0 unspecified atom stereocenters. The van der Waals surface area contributed by atoms with Crippen LogP contribution >= 0.6 is 0 Å². The Morgan fingerprint density at radius 2 is 0.562 bits per heavy atom. The number of ketones is 1. The molecule has 0 bridgehead atoms. The van der Waals surface area contributed by atoms with Crippen molar-refractivity contribution < 1.29 is 9.58 Å². The lowest BCUT2D eigenvalue weighted by molar-refractivity contribution is -0.117. The zero-order valence-electron chi connectivity index (χ0n) is 39.6. The molecule has 0 spiro atoms. The molecule has 7 N–H and O–H groups in total. The van der Waals surface area contributed by atoms with Crippen molar-refractivity contribution in [1.82, 2.24) is 0 Å². The number of nitrogens with one attached hydrogen (secondary N) is 1. The molecule has 0 saturated heterocycles. The van der Waals surface area contributed by atoms with Crippen LogP contribution in [-0.2, 0) is 0 Å². The standard InChI is InChI=1S/C17H22N4.C17H21N4.C17H20N2O.H4N2/c2*1-20(2)15-9-5-13(6-10-15)17(19-18)14-7-11-16(12-8-14)21(3)4;1-18(2)15-9-5-13(6-10-15)17(20)14-7-11-16(12-8-14)19(3)4;1-2/h5-12H,18H2,1-4H3;5-12,18H,1-4H3;5-12H,1-4H3;1-2H2/q;+1;;. The van der Waals surface area contributed by atoms with E-state index in [9.17, 15) is 4.79 Å². The normalized spacial score (nSPS) is 9.84. The van der Waals surface area contributed by atoms with Gasteiger partial charge in [-0.05, 0) is 121 Å². The van der Waals surface area contributed by atoms with Crippen molar-refractivity contribution in [2.75, 3.05) is 114 Å². The van der Waals surface area contributed by atoms with Crippen LogP contribution < -0.4 is 46.9 Å². The highest BCUT2D eigenvalue weighted by Gasteiger charge is 2.18. The number of carbonyl (C=O) groups is 1. The summed E-state index contributed by atoms with van der Waals surface area (Å²) in [5.74, 6) is 13.7. The summed E-state index contributed by atoms with van der Waals surface area (Å²) in [5, 5.41) is 3.97. The van der Waals surface area contributed by atoms with E-state index in [4.69, 9.17) is 11.4 Å². The van der Waals surface area contributed by atoms with Crippen molar-refractivity contribution in [3.8, 4) is 0 Å². The molecule has 6 rings (SSSR count). The van der Waals surface area contributed by atoms with Gasteiger partial charge in [-0.15, -0.1) is 0 Å². The SMILES string of the molecule is CN(C)c1ccc(C(=NN)c2ccc(N(C)C)cc2)cc1.CN(C)c1ccc(C(=O)c2ccc(N(C)C)cc2)cc1.CN(C)c1ccc(C(=[N+]=N)c2ccc(N(C)C)cc2)cc1.NN. The predicted molar refractivity (Wildman–Crippen MR) is 272 cm³/mol. The molecule has 6 aromatic rings. The first-order valence-corrected chi connectivity index (χ1v) is 20.6. The highest BCUT2D eigenvalue weighted by Crippen LogP contribution is 2.21. The van der Waals surface area contributed by atoms with Gasteiger partial charge in [0.2, 0.25) is 0 Å². The zero-order valence-corrected chi connectivity index (χ0v) is 39.6. The fourth-order valence-electron chi connectivity index (χ4n) is 6.27. The lowest BCUT2D eigenvalue weighted by Gasteiger charge is -2.15. The average Bonchev–Trinajstić information content (AvgIpc) is 3.31. The van der Waals surface area contributed by atoms with E-state index in [-0.39, 0.29) is 5.78 Å². The predicted octanol–water partition coefficient (Wildman–Crippen LogP) is 7.29. The summed E-state index contributed by atoms with van der Waals surface area (Å²) in [6.45, 7) is 0. The Hall–Kier alpha value is -7.44. The second-order valence-corrected chi connectivity index (χ2v) is 15.9. The first-order valence-electron chi connectivity index (χ1n) is 20.6. The Morgan fingerprint density at radius 3 is 0.734 bits per heavy atom. The number of hydrazine groups is 1. The van der Waals surface area contributed by atoms with Gasteiger partial charge in [-0.1, -0.05) is 24.3 Å². The number of hydrogen-bond acceptors (Lipinski definition) is 12. The lowest BCUT2D eigenvalue weighted by Crippen LogP contribution is -2.11. The van der Waals surface area contributed by atoms with E-state index in [0.29, 0.717) is 16.8 Å². The average molecular weight is 864 g/mol. The fourth-order valence-corrected chi connectivity index (χ4v) is 6.27. The minimum atomic E-state index is 0.0561. The molecular formula is C51H67N12O+. The van der Waals surface area contributed by atoms with E-state index in [2.05, 4.69) is 55.6 Å². The third kappa shape index (κ3) is 14.3. The third-order valence-electron chi connectivity index (χ3n) is 10.2. The smallest absolute Gasteiger partial charge is 0.378 e. The van der Waals surface area contributed by atoms with Crippen molar-refractivity contribution in [3.05, 3.63) is 179 Å². The first kappa shape index (κ1) is 50.9. The summed E-state index contributed by atoms with van der Waals surface area (Å²) < 4.78 is 0. The molecule has 13 nitrogen and oxygen atoms in total. The summed E-state index contributed by atoms with van der Waals surface area (Å²) in [6, 6.07) is 47.9. The Labute approximate surface area is 380 Å². The molecule has 0 atom stereocenters. The molecule has 13 heteroatoms. The lowest BCUT2D eigenvalue weighted by atomic mass is 10.0. The van der Waals surface area contributed by atoms with Gasteiger partial charge in [0.1, 0.15) is 0 Å². The second-order valence-electron chi connectivity index (χ2n) is 15.9. The monoisotopic (exact) mass is 864 g/mol. The number of nitrogens with zero attached hydrogens (tertiary/aromatic N) is 8. The molecule has 0 radical (unpaired) electrons. The van der Waals surface area contributed by atoms with Gasteiger partial charge >= 0.3 is 5.71 Å². The van der Waals surface area contributed by atoms with Gasteiger partial charge in [0.25, 0.3) is 0 Å². The van der Waals surface area contributed by atoms with E-state index < -0.39 is 0 Å². The van der Waals surface area contributed by atoms with Crippen LogP contribution in [0.15, 0.2) is 151 Å². The highest BCUT2D eigenvalue weighted by atomic mass is 16.1. The Kier molecular flexibility index (Phi) is 19.8. The summed E-state index contributed by atoms with van der Waals surface area (Å²) in [4.78, 5) is 28.4.